The first kappa shape index (κ1) is 25.3. The van der Waals surface area contributed by atoms with Gasteiger partial charge in [-0.1, -0.05) is 30.3 Å². The Morgan fingerprint density at radius 2 is 1.87 bits per heavy atom. The number of carbonyl (C=O) groups excluding carboxylic acids is 1. The zero-order chi connectivity index (χ0) is 23.0. The number of thiol groups is 1. The minimum Gasteiger partial charge on any atom is -0.480 e. The van der Waals surface area contributed by atoms with Crippen molar-refractivity contribution in [1.29, 1.82) is 0 Å². The summed E-state index contributed by atoms with van der Waals surface area (Å²) in [5.41, 5.74) is 6.80. The van der Waals surface area contributed by atoms with E-state index in [1.165, 1.54) is 0 Å². The van der Waals surface area contributed by atoms with Gasteiger partial charge >= 0.3 is 18.0 Å². The van der Waals surface area contributed by atoms with Crippen molar-refractivity contribution in [3.63, 3.8) is 0 Å². The maximum Gasteiger partial charge on any atom is 0.521 e. The average Bonchev–Trinajstić information content (AvgIpc) is 3.14. The number of nitrogens with two attached hydrogens (primary N) is 1. The smallest absolute Gasteiger partial charge is 0.480 e. The minimum atomic E-state index is -1.18. The lowest BCUT2D eigenvalue weighted by Crippen LogP contribution is -2.66. The number of nitrogens with zero attached hydrogens (tertiary/aromatic N) is 2. The number of likely N-dealkylation sites (tertiary alicyclic amines) is 1. The fourth-order valence-electron chi connectivity index (χ4n) is 4.66. The van der Waals surface area contributed by atoms with Crippen molar-refractivity contribution in [2.24, 2.45) is 5.73 Å². The van der Waals surface area contributed by atoms with E-state index in [0.717, 1.165) is 5.56 Å². The molecule has 1 aromatic rings. The van der Waals surface area contributed by atoms with Gasteiger partial charge in [0.2, 0.25) is 0 Å². The number of hydrogen-bond acceptors (Lipinski definition) is 6. The Labute approximate surface area is 189 Å². The predicted molar refractivity (Wildman–Crippen MR) is 121 cm³/mol. The second-order valence-corrected chi connectivity index (χ2v) is 8.58. The molecule has 172 valence electrons. The molecule has 9 heteroatoms. The topological polar surface area (TPSA) is 121 Å². The van der Waals surface area contributed by atoms with E-state index in [0.29, 0.717) is 31.4 Å². The Kier molecular flexibility index (Phi) is 9.49. The summed E-state index contributed by atoms with van der Waals surface area (Å²) >= 11 is 4.28. The van der Waals surface area contributed by atoms with Crippen LogP contribution in [0, 0.1) is 0 Å². The maximum absolute atomic E-state index is 13.7. The Bertz CT molecular complexity index is 763. The highest BCUT2D eigenvalue weighted by Gasteiger charge is 2.56. The van der Waals surface area contributed by atoms with Crippen molar-refractivity contribution >= 4 is 30.6 Å². The normalized spacial score (nSPS) is 22.9. The lowest BCUT2D eigenvalue weighted by atomic mass is 10.00. The lowest BCUT2D eigenvalue weighted by molar-refractivity contribution is -0.793. The number of benzene rings is 1. The molecule has 0 radical (unpaired) electrons. The zero-order valence-corrected chi connectivity index (χ0v) is 18.9. The van der Waals surface area contributed by atoms with Gasteiger partial charge in [0.05, 0.1) is 6.54 Å². The van der Waals surface area contributed by atoms with Gasteiger partial charge in [-0.05, 0) is 37.5 Å². The maximum atomic E-state index is 13.7. The summed E-state index contributed by atoms with van der Waals surface area (Å²) in [6, 6.07) is 7.35. The van der Waals surface area contributed by atoms with Gasteiger partial charge < -0.3 is 15.9 Å². The van der Waals surface area contributed by atoms with Crippen molar-refractivity contribution in [2.45, 2.75) is 57.2 Å². The zero-order valence-electron chi connectivity index (χ0n) is 18.0. The van der Waals surface area contributed by atoms with Gasteiger partial charge in [-0.25, -0.2) is 4.79 Å². The van der Waals surface area contributed by atoms with Gasteiger partial charge in [-0.3, -0.25) is 9.69 Å². The lowest BCUT2D eigenvalue weighted by Gasteiger charge is -2.39. The van der Waals surface area contributed by atoms with E-state index in [4.69, 9.17) is 5.73 Å². The molecular weight excluding hydrogens is 418 g/mol. The van der Waals surface area contributed by atoms with Crippen LogP contribution in [0.3, 0.4) is 0 Å². The van der Waals surface area contributed by atoms with E-state index in [1.807, 2.05) is 30.3 Å². The predicted octanol–water partition coefficient (Wildman–Crippen LogP) is 2.23. The molecule has 8 nitrogen and oxygen atoms in total. The number of hydrogen-bond donors (Lipinski definition) is 4. The van der Waals surface area contributed by atoms with Crippen LogP contribution in [0.25, 0.3) is 0 Å². The summed E-state index contributed by atoms with van der Waals surface area (Å²) in [4.78, 5) is 39.8. The van der Waals surface area contributed by atoms with Crippen LogP contribution in [0.4, 0.5) is 4.79 Å². The average molecular weight is 453 g/mol. The number of aliphatic carboxylic acids is 1. The quantitative estimate of drug-likeness (QED) is 0.300. The molecule has 0 saturated carbocycles. The number of carboxylic acid groups (broad SMARTS) is 2. The Morgan fingerprint density at radius 3 is 2.35 bits per heavy atom. The van der Waals surface area contributed by atoms with Crippen molar-refractivity contribution in [3.05, 3.63) is 35.9 Å². The van der Waals surface area contributed by atoms with E-state index in [2.05, 4.69) is 12.6 Å². The number of aryl methyl sites for hydroxylation is 1. The van der Waals surface area contributed by atoms with E-state index in [-0.39, 0.29) is 32.1 Å². The fourth-order valence-corrected chi connectivity index (χ4v) is 4.90. The molecule has 0 aromatic heterocycles. The van der Waals surface area contributed by atoms with Crippen LogP contribution in [0.2, 0.25) is 0 Å². The van der Waals surface area contributed by atoms with Crippen LogP contribution in [-0.4, -0.2) is 81.1 Å². The van der Waals surface area contributed by atoms with E-state index >= 15 is 0 Å². The molecule has 1 fully saturated rings. The van der Waals surface area contributed by atoms with Gasteiger partial charge in [0.1, 0.15) is 18.1 Å². The van der Waals surface area contributed by atoms with Crippen LogP contribution < -0.4 is 5.73 Å². The van der Waals surface area contributed by atoms with Crippen molar-refractivity contribution in [3.8, 4) is 0 Å². The summed E-state index contributed by atoms with van der Waals surface area (Å²) in [5, 5.41) is 20.0. The number of imide groups is 1. The largest absolute Gasteiger partial charge is 0.521 e. The molecule has 2 unspecified atom stereocenters. The second kappa shape index (κ2) is 11.6. The van der Waals surface area contributed by atoms with Crippen LogP contribution in [0.5, 0.6) is 0 Å². The minimum absolute atomic E-state index is 0.161. The van der Waals surface area contributed by atoms with Gasteiger partial charge in [-0.2, -0.15) is 21.9 Å². The highest BCUT2D eigenvalue weighted by atomic mass is 32.1. The second-order valence-electron chi connectivity index (χ2n) is 8.14. The number of quaternary nitrogens is 1. The Hall–Kier alpha value is -1.94. The van der Waals surface area contributed by atoms with Gasteiger partial charge in [0, 0.05) is 25.9 Å². The fraction of sp³-hybridized carbons (Fsp3) is 0.591. The standard InChI is InChI=1S/C22H33N3O5S/c1-16-6-5-14-25(16,22(29)30)20(26)18(11-15-31)24(13-12-23)19(21(27)28)10-9-17-7-3-2-4-8-17/h2-4,7-8,16,18-19H,5-6,9-15,23H2,1H3,(H2-,27,28,29,30,31)/p+1/t16?,18-,19?,25-/m0/s1. The number of carbonyl (C=O) groups is 3. The van der Waals surface area contributed by atoms with E-state index in [1.54, 1.807) is 11.8 Å². The molecule has 2 amide bonds. The Balaban J connectivity index is 2.38. The molecule has 0 spiro atoms. The SMILES string of the molecule is CC1CCC[N@@+]1(C(=O)O)C(=O)[C@H](CCS)N(CCN)C(CCc1ccccc1)C(=O)O. The van der Waals surface area contributed by atoms with Gasteiger partial charge in [0.15, 0.2) is 0 Å². The van der Waals surface area contributed by atoms with Crippen LogP contribution >= 0.6 is 12.6 Å². The van der Waals surface area contributed by atoms with Crippen molar-refractivity contribution < 1.29 is 29.1 Å². The van der Waals surface area contributed by atoms with Crippen LogP contribution in [-0.2, 0) is 16.0 Å². The first-order valence-corrected chi connectivity index (χ1v) is 11.4. The molecule has 31 heavy (non-hydrogen) atoms. The van der Waals surface area contributed by atoms with E-state index < -0.39 is 34.5 Å². The molecule has 1 aromatic carbocycles. The summed E-state index contributed by atoms with van der Waals surface area (Å²) < 4.78 is -0.662. The monoisotopic (exact) mass is 452 g/mol. The highest BCUT2D eigenvalue weighted by molar-refractivity contribution is 7.80. The molecule has 0 aliphatic carbocycles. The summed E-state index contributed by atoms with van der Waals surface area (Å²) in [7, 11) is 0. The first-order valence-electron chi connectivity index (χ1n) is 10.8. The van der Waals surface area contributed by atoms with Crippen LogP contribution in [0.1, 0.15) is 38.2 Å². The molecule has 1 aliphatic rings. The number of carboxylic acids is 1. The molecule has 0 bridgehead atoms. The first-order chi connectivity index (χ1) is 14.8. The summed E-state index contributed by atoms with van der Waals surface area (Å²) in [5.74, 6) is -1.18. The van der Waals surface area contributed by atoms with Crippen LogP contribution in [0.15, 0.2) is 30.3 Å². The highest BCUT2D eigenvalue weighted by Crippen LogP contribution is 2.31. The van der Waals surface area contributed by atoms with Gasteiger partial charge in [0.25, 0.3) is 0 Å². The number of amides is 2. The van der Waals surface area contributed by atoms with Gasteiger partial charge in [-0.15, -0.1) is 0 Å². The summed E-state index contributed by atoms with van der Waals surface area (Å²) in [6.45, 7) is 2.34. The third-order valence-electron chi connectivity index (χ3n) is 6.33. The Morgan fingerprint density at radius 1 is 1.19 bits per heavy atom. The third kappa shape index (κ3) is 5.65. The molecule has 2 rings (SSSR count). The molecule has 4 atom stereocenters. The van der Waals surface area contributed by atoms with E-state index in [9.17, 15) is 24.6 Å². The summed E-state index contributed by atoms with van der Waals surface area (Å²) in [6.07, 6.45) is 1.17. The molecular formula is C22H34N3O5S+. The molecule has 4 N–H and O–H groups in total. The molecule has 1 heterocycles. The molecule has 1 saturated heterocycles. The van der Waals surface area contributed by atoms with Crippen molar-refractivity contribution in [1.82, 2.24) is 4.90 Å². The third-order valence-corrected chi connectivity index (χ3v) is 6.59. The molecule has 1 aliphatic heterocycles. The van der Waals surface area contributed by atoms with Crippen molar-refractivity contribution in [2.75, 3.05) is 25.4 Å². The number of rotatable bonds is 11.